The SMILES string of the molecule is COCc1ccc(C(F)(F)F)c(N)c1. The molecule has 1 rings (SSSR count). The lowest BCUT2D eigenvalue weighted by molar-refractivity contribution is -0.136. The average Bonchev–Trinajstić information content (AvgIpc) is 2.02. The van der Waals surface area contributed by atoms with E-state index in [-0.39, 0.29) is 12.3 Å². The van der Waals surface area contributed by atoms with Gasteiger partial charge >= 0.3 is 6.18 Å². The van der Waals surface area contributed by atoms with Crippen molar-refractivity contribution in [3.8, 4) is 0 Å². The van der Waals surface area contributed by atoms with E-state index >= 15 is 0 Å². The van der Waals surface area contributed by atoms with Crippen LogP contribution in [0.1, 0.15) is 11.1 Å². The average molecular weight is 205 g/mol. The van der Waals surface area contributed by atoms with Crippen molar-refractivity contribution in [3.63, 3.8) is 0 Å². The topological polar surface area (TPSA) is 35.2 Å². The predicted octanol–water partition coefficient (Wildman–Crippen LogP) is 2.43. The third kappa shape index (κ3) is 2.38. The van der Waals surface area contributed by atoms with E-state index in [1.54, 1.807) is 0 Å². The molecule has 0 radical (unpaired) electrons. The molecule has 0 aliphatic rings. The van der Waals surface area contributed by atoms with Gasteiger partial charge in [0, 0.05) is 12.8 Å². The molecule has 14 heavy (non-hydrogen) atoms. The van der Waals surface area contributed by atoms with Crippen LogP contribution in [0.25, 0.3) is 0 Å². The maximum atomic E-state index is 12.3. The molecule has 0 saturated heterocycles. The number of hydrogen-bond acceptors (Lipinski definition) is 2. The minimum atomic E-state index is -4.39. The first kappa shape index (κ1) is 10.8. The zero-order valence-electron chi connectivity index (χ0n) is 7.56. The van der Waals surface area contributed by atoms with Crippen molar-refractivity contribution in [1.82, 2.24) is 0 Å². The molecule has 0 amide bonds. The van der Waals surface area contributed by atoms with E-state index in [4.69, 9.17) is 10.5 Å². The summed E-state index contributed by atoms with van der Waals surface area (Å²) in [5, 5.41) is 0. The summed E-state index contributed by atoms with van der Waals surface area (Å²) in [7, 11) is 1.47. The van der Waals surface area contributed by atoms with Crippen LogP contribution in [0, 0.1) is 0 Å². The second kappa shape index (κ2) is 3.88. The van der Waals surface area contributed by atoms with Gasteiger partial charge in [-0.15, -0.1) is 0 Å². The minimum absolute atomic E-state index is 0.252. The van der Waals surface area contributed by atoms with Crippen molar-refractivity contribution in [2.24, 2.45) is 0 Å². The zero-order chi connectivity index (χ0) is 10.8. The van der Waals surface area contributed by atoms with Crippen LogP contribution in [0.4, 0.5) is 18.9 Å². The summed E-state index contributed by atoms with van der Waals surface area (Å²) in [4.78, 5) is 0. The molecule has 0 aromatic heterocycles. The Morgan fingerprint density at radius 2 is 2.00 bits per heavy atom. The monoisotopic (exact) mass is 205 g/mol. The van der Waals surface area contributed by atoms with Crippen molar-refractivity contribution in [3.05, 3.63) is 29.3 Å². The molecule has 0 aliphatic carbocycles. The second-order valence-electron chi connectivity index (χ2n) is 2.85. The van der Waals surface area contributed by atoms with Crippen LogP contribution in [-0.4, -0.2) is 7.11 Å². The van der Waals surface area contributed by atoms with Gasteiger partial charge in [-0.25, -0.2) is 0 Å². The highest BCUT2D eigenvalue weighted by atomic mass is 19.4. The van der Waals surface area contributed by atoms with Gasteiger partial charge in [-0.1, -0.05) is 6.07 Å². The molecular weight excluding hydrogens is 195 g/mol. The van der Waals surface area contributed by atoms with Gasteiger partial charge in [0.2, 0.25) is 0 Å². The van der Waals surface area contributed by atoms with E-state index in [0.717, 1.165) is 6.07 Å². The van der Waals surface area contributed by atoms with Crippen molar-refractivity contribution in [2.75, 3.05) is 12.8 Å². The molecular formula is C9H10F3NO. The van der Waals surface area contributed by atoms with Gasteiger partial charge < -0.3 is 10.5 Å². The van der Waals surface area contributed by atoms with Crippen molar-refractivity contribution in [1.29, 1.82) is 0 Å². The van der Waals surface area contributed by atoms with Gasteiger partial charge in [0.05, 0.1) is 12.2 Å². The van der Waals surface area contributed by atoms with Crippen LogP contribution in [0.5, 0.6) is 0 Å². The molecule has 0 fully saturated rings. The number of nitrogens with two attached hydrogens (primary N) is 1. The quantitative estimate of drug-likeness (QED) is 0.752. The zero-order valence-corrected chi connectivity index (χ0v) is 7.56. The highest BCUT2D eigenvalue weighted by Gasteiger charge is 2.32. The van der Waals surface area contributed by atoms with Crippen LogP contribution < -0.4 is 5.73 Å². The molecule has 0 spiro atoms. The third-order valence-electron chi connectivity index (χ3n) is 1.73. The molecule has 0 heterocycles. The van der Waals surface area contributed by atoms with Gasteiger partial charge in [-0.3, -0.25) is 0 Å². The largest absolute Gasteiger partial charge is 0.418 e. The second-order valence-corrected chi connectivity index (χ2v) is 2.85. The van der Waals surface area contributed by atoms with E-state index in [1.807, 2.05) is 0 Å². The van der Waals surface area contributed by atoms with E-state index < -0.39 is 11.7 Å². The Morgan fingerprint density at radius 3 is 2.43 bits per heavy atom. The van der Waals surface area contributed by atoms with Crippen molar-refractivity contribution < 1.29 is 17.9 Å². The smallest absolute Gasteiger partial charge is 0.398 e. The van der Waals surface area contributed by atoms with E-state index in [1.165, 1.54) is 19.2 Å². The molecule has 1 aromatic rings. The molecule has 0 bridgehead atoms. The van der Waals surface area contributed by atoms with E-state index in [0.29, 0.717) is 5.56 Å². The number of methoxy groups -OCH3 is 1. The standard InChI is InChI=1S/C9H10F3NO/c1-14-5-6-2-3-7(8(13)4-6)9(10,11)12/h2-4H,5,13H2,1H3. The lowest BCUT2D eigenvalue weighted by atomic mass is 10.1. The van der Waals surface area contributed by atoms with Crippen LogP contribution >= 0.6 is 0 Å². The molecule has 0 atom stereocenters. The summed E-state index contributed by atoms with van der Waals surface area (Å²) in [6.45, 7) is 0.252. The number of hydrogen-bond donors (Lipinski definition) is 1. The van der Waals surface area contributed by atoms with Crippen LogP contribution in [0.2, 0.25) is 0 Å². The van der Waals surface area contributed by atoms with Gasteiger partial charge in [0.25, 0.3) is 0 Å². The number of rotatable bonds is 2. The van der Waals surface area contributed by atoms with Crippen LogP contribution in [0.3, 0.4) is 0 Å². The molecule has 0 saturated carbocycles. The van der Waals surface area contributed by atoms with Gasteiger partial charge in [-0.2, -0.15) is 13.2 Å². The van der Waals surface area contributed by atoms with E-state index in [9.17, 15) is 13.2 Å². The normalized spacial score (nSPS) is 11.7. The van der Waals surface area contributed by atoms with Gasteiger partial charge in [-0.05, 0) is 17.7 Å². The Morgan fingerprint density at radius 1 is 1.36 bits per heavy atom. The van der Waals surface area contributed by atoms with Gasteiger partial charge in [0.15, 0.2) is 0 Å². The summed E-state index contributed by atoms with van der Waals surface area (Å²) >= 11 is 0. The number of ether oxygens (including phenoxy) is 1. The van der Waals surface area contributed by atoms with Crippen LogP contribution in [-0.2, 0) is 17.5 Å². The lowest BCUT2D eigenvalue weighted by Crippen LogP contribution is -2.09. The Kier molecular flexibility index (Phi) is 3.00. The van der Waals surface area contributed by atoms with Crippen LogP contribution in [0.15, 0.2) is 18.2 Å². The molecule has 0 aliphatic heterocycles. The van der Waals surface area contributed by atoms with Gasteiger partial charge in [0.1, 0.15) is 0 Å². The molecule has 2 N–H and O–H groups in total. The van der Waals surface area contributed by atoms with Crippen molar-refractivity contribution >= 4 is 5.69 Å². The Labute approximate surface area is 79.5 Å². The molecule has 78 valence electrons. The summed E-state index contributed by atoms with van der Waals surface area (Å²) < 4.78 is 41.5. The Balaban J connectivity index is 3.02. The fraction of sp³-hybridized carbons (Fsp3) is 0.333. The summed E-state index contributed by atoms with van der Waals surface area (Å²) in [5.41, 5.74) is 4.81. The fourth-order valence-electron chi connectivity index (χ4n) is 1.13. The highest BCUT2D eigenvalue weighted by molar-refractivity contribution is 5.50. The Hall–Kier alpha value is -1.23. The molecule has 1 aromatic carbocycles. The maximum absolute atomic E-state index is 12.3. The molecule has 5 heteroatoms. The number of anilines is 1. The van der Waals surface area contributed by atoms with Crippen molar-refractivity contribution in [2.45, 2.75) is 12.8 Å². The first-order chi connectivity index (χ1) is 6.45. The predicted molar refractivity (Wildman–Crippen MR) is 46.6 cm³/mol. The number of alkyl halides is 3. The first-order valence-corrected chi connectivity index (χ1v) is 3.89. The molecule has 2 nitrogen and oxygen atoms in total. The summed E-state index contributed by atoms with van der Waals surface area (Å²) in [5.74, 6) is 0. The summed E-state index contributed by atoms with van der Waals surface area (Å²) in [6.07, 6.45) is -4.39. The fourth-order valence-corrected chi connectivity index (χ4v) is 1.13. The minimum Gasteiger partial charge on any atom is -0.398 e. The summed E-state index contributed by atoms with van der Waals surface area (Å²) in [6, 6.07) is 3.58. The third-order valence-corrected chi connectivity index (χ3v) is 1.73. The highest BCUT2D eigenvalue weighted by Crippen LogP contribution is 2.33. The maximum Gasteiger partial charge on any atom is 0.418 e. The lowest BCUT2D eigenvalue weighted by Gasteiger charge is -2.10. The number of benzene rings is 1. The molecule has 0 unspecified atom stereocenters. The number of nitrogen functional groups attached to an aromatic ring is 1. The first-order valence-electron chi connectivity index (χ1n) is 3.89. The number of halogens is 3. The Bertz CT molecular complexity index is 322. The van der Waals surface area contributed by atoms with E-state index in [2.05, 4.69) is 0 Å².